The molecule has 0 saturated carbocycles. The van der Waals surface area contributed by atoms with Crippen LogP contribution in [0.25, 0.3) is 11.0 Å². The minimum Gasteiger partial charge on any atom is -0.458 e. The zero-order chi connectivity index (χ0) is 19.1. The molecule has 134 valence electrons. The average molecular weight is 350 g/mol. The van der Waals surface area contributed by atoms with Crippen molar-refractivity contribution in [2.75, 3.05) is 0 Å². The van der Waals surface area contributed by atoms with Crippen LogP contribution < -0.4 is 0 Å². The van der Waals surface area contributed by atoms with Gasteiger partial charge in [-0.1, -0.05) is 12.1 Å². The van der Waals surface area contributed by atoms with Gasteiger partial charge in [-0.3, -0.25) is 4.98 Å². The minimum absolute atomic E-state index is 0.425. The quantitative estimate of drug-likeness (QED) is 0.746. The first-order valence-electron chi connectivity index (χ1n) is 8.45. The lowest BCUT2D eigenvalue weighted by atomic mass is 9.80. The molecule has 0 aliphatic rings. The van der Waals surface area contributed by atoms with Gasteiger partial charge in [0.1, 0.15) is 16.9 Å². The van der Waals surface area contributed by atoms with Crippen molar-refractivity contribution >= 4 is 11.0 Å². The second-order valence-corrected chi connectivity index (χ2v) is 7.60. The van der Waals surface area contributed by atoms with E-state index < -0.39 is 17.1 Å². The Bertz CT molecular complexity index is 968. The number of hydrogen-bond acceptors (Lipinski definition) is 5. The third kappa shape index (κ3) is 3.34. The molecule has 0 bridgehead atoms. The van der Waals surface area contributed by atoms with Crippen molar-refractivity contribution in [3.63, 3.8) is 0 Å². The monoisotopic (exact) mass is 350 g/mol. The highest BCUT2D eigenvalue weighted by Gasteiger charge is 2.33. The normalized spacial score (nSPS) is 13.6. The summed E-state index contributed by atoms with van der Waals surface area (Å²) < 4.78 is 5.79. The van der Waals surface area contributed by atoms with Gasteiger partial charge in [-0.2, -0.15) is 5.26 Å². The van der Waals surface area contributed by atoms with Crippen LogP contribution in [0.5, 0.6) is 0 Å². The Morgan fingerprint density at radius 3 is 2.27 bits per heavy atom. The van der Waals surface area contributed by atoms with Crippen molar-refractivity contribution in [2.24, 2.45) is 0 Å². The van der Waals surface area contributed by atoms with Crippen LogP contribution in [0.4, 0.5) is 0 Å². The summed E-state index contributed by atoms with van der Waals surface area (Å²) in [5.41, 5.74) is 0.467. The Morgan fingerprint density at radius 1 is 1.08 bits per heavy atom. The first-order valence-corrected chi connectivity index (χ1v) is 8.45. The SMILES string of the molecule is CC(C)(O)c1cc2c(C(c3ccc(C#N)cc3)C(C)(C)O)nccc2o1. The summed E-state index contributed by atoms with van der Waals surface area (Å²) in [4.78, 5) is 4.52. The first-order chi connectivity index (χ1) is 12.1. The van der Waals surface area contributed by atoms with Gasteiger partial charge in [0.25, 0.3) is 0 Å². The number of rotatable bonds is 4. The van der Waals surface area contributed by atoms with E-state index in [1.807, 2.05) is 12.1 Å². The summed E-state index contributed by atoms with van der Waals surface area (Å²) >= 11 is 0. The molecule has 0 amide bonds. The van der Waals surface area contributed by atoms with Crippen LogP contribution in [0.1, 0.15) is 56.2 Å². The van der Waals surface area contributed by atoms with Crippen LogP contribution in [-0.2, 0) is 5.60 Å². The van der Waals surface area contributed by atoms with Crippen LogP contribution in [0.15, 0.2) is 47.0 Å². The van der Waals surface area contributed by atoms with Crippen LogP contribution in [0.2, 0.25) is 0 Å². The fourth-order valence-electron chi connectivity index (χ4n) is 3.17. The molecule has 5 heteroatoms. The van der Waals surface area contributed by atoms with Crippen LogP contribution in [-0.4, -0.2) is 20.8 Å². The topological polar surface area (TPSA) is 90.3 Å². The van der Waals surface area contributed by atoms with Gasteiger partial charge in [0.05, 0.1) is 28.8 Å². The molecule has 0 saturated heterocycles. The highest BCUT2D eigenvalue weighted by atomic mass is 16.4. The number of fused-ring (bicyclic) bond motifs is 1. The van der Waals surface area contributed by atoms with Crippen LogP contribution in [0, 0.1) is 11.3 Å². The van der Waals surface area contributed by atoms with E-state index in [1.54, 1.807) is 58.2 Å². The summed E-state index contributed by atoms with van der Waals surface area (Å²) in [6.07, 6.45) is 1.64. The summed E-state index contributed by atoms with van der Waals surface area (Å²) in [6, 6.07) is 12.7. The zero-order valence-corrected chi connectivity index (χ0v) is 15.3. The molecule has 2 N–H and O–H groups in total. The molecule has 2 heterocycles. The van der Waals surface area contributed by atoms with E-state index in [1.165, 1.54) is 0 Å². The van der Waals surface area contributed by atoms with E-state index >= 15 is 0 Å². The summed E-state index contributed by atoms with van der Waals surface area (Å²) in [6.45, 7) is 6.78. The molecular weight excluding hydrogens is 328 g/mol. The first kappa shape index (κ1) is 18.1. The number of aromatic nitrogens is 1. The molecule has 2 aromatic heterocycles. The highest BCUT2D eigenvalue weighted by molar-refractivity contribution is 5.81. The Hall–Kier alpha value is -2.68. The third-order valence-electron chi connectivity index (χ3n) is 4.43. The van der Waals surface area contributed by atoms with E-state index in [0.29, 0.717) is 22.6 Å². The maximum Gasteiger partial charge on any atom is 0.137 e. The summed E-state index contributed by atoms with van der Waals surface area (Å²) in [5, 5.41) is 30.9. The Labute approximate surface area is 152 Å². The predicted octanol–water partition coefficient (Wildman–Crippen LogP) is 3.83. The highest BCUT2D eigenvalue weighted by Crippen LogP contribution is 2.39. The van der Waals surface area contributed by atoms with E-state index in [2.05, 4.69) is 11.1 Å². The second-order valence-electron chi connectivity index (χ2n) is 7.60. The minimum atomic E-state index is -1.12. The van der Waals surface area contributed by atoms with Crippen molar-refractivity contribution in [3.8, 4) is 6.07 Å². The van der Waals surface area contributed by atoms with E-state index in [9.17, 15) is 10.2 Å². The van der Waals surface area contributed by atoms with Gasteiger partial charge in [0, 0.05) is 11.6 Å². The van der Waals surface area contributed by atoms with Crippen molar-refractivity contribution in [3.05, 3.63) is 65.2 Å². The molecule has 0 aliphatic heterocycles. The van der Waals surface area contributed by atoms with Crippen molar-refractivity contribution < 1.29 is 14.6 Å². The molecule has 1 unspecified atom stereocenters. The van der Waals surface area contributed by atoms with Crippen molar-refractivity contribution in [1.29, 1.82) is 5.26 Å². The maximum absolute atomic E-state index is 10.9. The summed E-state index contributed by atoms with van der Waals surface area (Å²) in [5.74, 6) is 0.0160. The number of pyridine rings is 1. The number of nitrogens with zero attached hydrogens (tertiary/aromatic N) is 2. The Morgan fingerprint density at radius 2 is 1.73 bits per heavy atom. The fraction of sp³-hybridized carbons (Fsp3) is 0.333. The van der Waals surface area contributed by atoms with E-state index in [4.69, 9.17) is 9.68 Å². The van der Waals surface area contributed by atoms with E-state index in [0.717, 1.165) is 10.9 Å². The van der Waals surface area contributed by atoms with Gasteiger partial charge in [0.15, 0.2) is 0 Å². The Balaban J connectivity index is 2.21. The van der Waals surface area contributed by atoms with Crippen LogP contribution >= 0.6 is 0 Å². The van der Waals surface area contributed by atoms with Gasteiger partial charge >= 0.3 is 0 Å². The largest absolute Gasteiger partial charge is 0.458 e. The second kappa shape index (κ2) is 6.24. The maximum atomic E-state index is 10.9. The van der Waals surface area contributed by atoms with Gasteiger partial charge < -0.3 is 14.6 Å². The number of aliphatic hydroxyl groups is 2. The predicted molar refractivity (Wildman–Crippen MR) is 98.6 cm³/mol. The van der Waals surface area contributed by atoms with Gasteiger partial charge in [0.2, 0.25) is 0 Å². The fourth-order valence-corrected chi connectivity index (χ4v) is 3.17. The van der Waals surface area contributed by atoms with Gasteiger partial charge in [-0.25, -0.2) is 0 Å². The lowest BCUT2D eigenvalue weighted by Gasteiger charge is -2.29. The van der Waals surface area contributed by atoms with Gasteiger partial charge in [-0.05, 0) is 57.5 Å². The molecule has 0 spiro atoms. The molecule has 5 nitrogen and oxygen atoms in total. The molecule has 0 radical (unpaired) electrons. The third-order valence-corrected chi connectivity index (χ3v) is 4.43. The number of furan rings is 1. The Kier molecular flexibility index (Phi) is 4.35. The molecule has 3 aromatic rings. The number of nitriles is 1. The number of hydrogen-bond donors (Lipinski definition) is 2. The van der Waals surface area contributed by atoms with Crippen molar-refractivity contribution in [2.45, 2.75) is 44.8 Å². The lowest BCUT2D eigenvalue weighted by molar-refractivity contribution is 0.0559. The van der Waals surface area contributed by atoms with Crippen molar-refractivity contribution in [1.82, 2.24) is 4.98 Å². The van der Waals surface area contributed by atoms with Crippen LogP contribution in [0.3, 0.4) is 0 Å². The molecule has 26 heavy (non-hydrogen) atoms. The average Bonchev–Trinajstić information content (AvgIpc) is 3.00. The molecule has 1 aromatic carbocycles. The molecule has 0 fully saturated rings. The van der Waals surface area contributed by atoms with E-state index in [-0.39, 0.29) is 0 Å². The molecule has 3 rings (SSSR count). The molecule has 1 atom stereocenters. The lowest BCUT2D eigenvalue weighted by Crippen LogP contribution is -2.30. The molecular formula is C21H22N2O3. The zero-order valence-electron chi connectivity index (χ0n) is 15.3. The number of benzene rings is 1. The standard InChI is InChI=1S/C21H22N2O3/c1-20(2,24)17-11-15-16(26-17)9-10-23-19(15)18(21(3,4)25)14-7-5-13(12-22)6-8-14/h5-11,18,24-25H,1-4H3. The molecule has 0 aliphatic carbocycles. The summed E-state index contributed by atoms with van der Waals surface area (Å²) in [7, 11) is 0. The smallest absolute Gasteiger partial charge is 0.137 e. The van der Waals surface area contributed by atoms with Gasteiger partial charge in [-0.15, -0.1) is 0 Å².